The Morgan fingerprint density at radius 2 is 1.69 bits per heavy atom. The van der Waals surface area contributed by atoms with Crippen molar-refractivity contribution in [1.82, 2.24) is 9.38 Å². The van der Waals surface area contributed by atoms with Gasteiger partial charge in [-0.15, -0.1) is 0 Å². The third-order valence-corrected chi connectivity index (χ3v) is 5.05. The molecule has 3 heterocycles. The lowest BCUT2D eigenvalue weighted by Crippen LogP contribution is -2.05. The number of nitrogens with zero attached hydrogens (tertiary/aromatic N) is 2. The molecule has 0 saturated heterocycles. The summed E-state index contributed by atoms with van der Waals surface area (Å²) in [6.45, 7) is 2.00. The number of hydrogen-bond acceptors (Lipinski definition) is 5. The molecule has 32 heavy (non-hydrogen) atoms. The summed E-state index contributed by atoms with van der Waals surface area (Å²) in [6, 6.07) is 16.0. The van der Waals surface area contributed by atoms with E-state index in [2.05, 4.69) is 4.98 Å². The van der Waals surface area contributed by atoms with Gasteiger partial charge < -0.3 is 13.9 Å². The van der Waals surface area contributed by atoms with Crippen molar-refractivity contribution in [2.45, 2.75) is 6.92 Å². The second-order valence-corrected chi connectivity index (χ2v) is 7.05. The Labute approximate surface area is 185 Å². The minimum Gasteiger partial charge on any atom is -0.497 e. The third-order valence-electron chi connectivity index (χ3n) is 5.05. The molecule has 4 rings (SSSR count). The summed E-state index contributed by atoms with van der Waals surface area (Å²) in [7, 11) is 1.57. The van der Waals surface area contributed by atoms with E-state index in [0.29, 0.717) is 28.1 Å². The number of pyridine rings is 2. The van der Waals surface area contributed by atoms with E-state index in [1.807, 2.05) is 36.4 Å². The van der Waals surface area contributed by atoms with Crippen LogP contribution in [0.25, 0.3) is 17.7 Å². The van der Waals surface area contributed by atoms with Gasteiger partial charge in [0, 0.05) is 24.2 Å². The van der Waals surface area contributed by atoms with Gasteiger partial charge in [0.05, 0.1) is 30.5 Å². The number of carbonyl (C=O) groups excluding carboxylic acids is 2. The van der Waals surface area contributed by atoms with Crippen LogP contribution < -0.4 is 4.74 Å². The van der Waals surface area contributed by atoms with Crippen molar-refractivity contribution >= 4 is 29.4 Å². The second kappa shape index (κ2) is 9.31. The summed E-state index contributed by atoms with van der Waals surface area (Å²) in [6.07, 6.45) is 9.16. The third kappa shape index (κ3) is 4.30. The van der Waals surface area contributed by atoms with E-state index in [1.54, 1.807) is 67.4 Å². The van der Waals surface area contributed by atoms with Crippen LogP contribution in [0.5, 0.6) is 5.75 Å². The lowest BCUT2D eigenvalue weighted by atomic mass is 10.1. The number of esters is 1. The van der Waals surface area contributed by atoms with Gasteiger partial charge in [-0.1, -0.05) is 12.2 Å². The normalized spacial score (nSPS) is 11.1. The summed E-state index contributed by atoms with van der Waals surface area (Å²) >= 11 is 0. The summed E-state index contributed by atoms with van der Waals surface area (Å²) in [4.78, 5) is 29.8. The molecule has 0 fully saturated rings. The number of methoxy groups -OCH3 is 1. The molecule has 6 nitrogen and oxygen atoms in total. The summed E-state index contributed by atoms with van der Waals surface area (Å²) < 4.78 is 12.1. The van der Waals surface area contributed by atoms with E-state index in [0.717, 1.165) is 11.1 Å². The fourth-order valence-corrected chi connectivity index (χ4v) is 3.42. The average molecular weight is 426 g/mol. The molecule has 0 amide bonds. The number of fused-ring (bicyclic) bond motifs is 1. The highest BCUT2D eigenvalue weighted by atomic mass is 16.5. The largest absolute Gasteiger partial charge is 0.497 e. The van der Waals surface area contributed by atoms with E-state index in [4.69, 9.17) is 9.47 Å². The molecule has 160 valence electrons. The Morgan fingerprint density at radius 1 is 0.969 bits per heavy atom. The van der Waals surface area contributed by atoms with Crippen molar-refractivity contribution in [3.63, 3.8) is 0 Å². The minimum absolute atomic E-state index is 0.196. The highest BCUT2D eigenvalue weighted by molar-refractivity contribution is 6.11. The maximum absolute atomic E-state index is 13.2. The zero-order chi connectivity index (χ0) is 22.5. The molecule has 0 aliphatic heterocycles. The van der Waals surface area contributed by atoms with Gasteiger partial charge in [-0.2, -0.15) is 0 Å². The Hall–Kier alpha value is -4.19. The molecular formula is C26H22N2O4. The van der Waals surface area contributed by atoms with Crippen LogP contribution in [0.2, 0.25) is 0 Å². The van der Waals surface area contributed by atoms with Crippen molar-refractivity contribution in [3.05, 3.63) is 101 Å². The standard InChI is InChI=1S/C26H22N2O4/c1-3-32-26(30)22-17-24(25(29)20-6-8-21(31-2)9-7-20)28-15-12-19(16-23(22)28)5-4-18-10-13-27-14-11-18/h4-17H,3H2,1-2H3/b5-4+. The number of ketones is 1. The van der Waals surface area contributed by atoms with Crippen LogP contribution in [0.1, 0.15) is 44.5 Å². The van der Waals surface area contributed by atoms with Crippen molar-refractivity contribution < 1.29 is 19.1 Å². The first-order chi connectivity index (χ1) is 15.6. The summed E-state index contributed by atoms with van der Waals surface area (Å²) in [5.74, 6) is 0.00623. The monoisotopic (exact) mass is 426 g/mol. The molecule has 0 N–H and O–H groups in total. The molecular weight excluding hydrogens is 404 g/mol. The Morgan fingerprint density at radius 3 is 2.38 bits per heavy atom. The topological polar surface area (TPSA) is 69.9 Å². The van der Waals surface area contributed by atoms with Gasteiger partial charge in [-0.25, -0.2) is 4.79 Å². The number of ether oxygens (including phenoxy) is 2. The highest BCUT2D eigenvalue weighted by Crippen LogP contribution is 2.24. The maximum Gasteiger partial charge on any atom is 0.340 e. The molecule has 0 aliphatic rings. The zero-order valence-corrected chi connectivity index (χ0v) is 17.8. The molecule has 0 saturated carbocycles. The van der Waals surface area contributed by atoms with Crippen LogP contribution in [-0.4, -0.2) is 34.9 Å². The van der Waals surface area contributed by atoms with Crippen LogP contribution in [0.3, 0.4) is 0 Å². The molecule has 0 radical (unpaired) electrons. The first-order valence-electron chi connectivity index (χ1n) is 10.2. The van der Waals surface area contributed by atoms with Crippen LogP contribution in [-0.2, 0) is 4.74 Å². The van der Waals surface area contributed by atoms with Gasteiger partial charge in [-0.3, -0.25) is 9.78 Å². The van der Waals surface area contributed by atoms with Gasteiger partial charge in [0.25, 0.3) is 0 Å². The second-order valence-electron chi connectivity index (χ2n) is 7.05. The van der Waals surface area contributed by atoms with Crippen LogP contribution in [0.15, 0.2) is 73.2 Å². The quantitative estimate of drug-likeness (QED) is 0.310. The predicted molar refractivity (Wildman–Crippen MR) is 123 cm³/mol. The van der Waals surface area contributed by atoms with E-state index in [9.17, 15) is 9.59 Å². The molecule has 0 unspecified atom stereocenters. The smallest absolute Gasteiger partial charge is 0.340 e. The van der Waals surface area contributed by atoms with Crippen LogP contribution in [0, 0.1) is 0 Å². The van der Waals surface area contributed by atoms with E-state index in [-0.39, 0.29) is 12.4 Å². The van der Waals surface area contributed by atoms with Gasteiger partial charge in [-0.05, 0) is 72.6 Å². The molecule has 0 bridgehead atoms. The fraction of sp³-hybridized carbons (Fsp3) is 0.115. The molecule has 6 heteroatoms. The van der Waals surface area contributed by atoms with E-state index >= 15 is 0 Å². The number of carbonyl (C=O) groups is 2. The SMILES string of the molecule is CCOC(=O)c1cc(C(=O)c2ccc(OC)cc2)n2ccc(/C=C/c3ccncc3)cc12. The van der Waals surface area contributed by atoms with Gasteiger partial charge in [0.1, 0.15) is 5.75 Å². The van der Waals surface area contributed by atoms with E-state index in [1.165, 1.54) is 0 Å². The van der Waals surface area contributed by atoms with Crippen LogP contribution in [0.4, 0.5) is 0 Å². The summed E-state index contributed by atoms with van der Waals surface area (Å²) in [5.41, 5.74) is 3.75. The fourth-order valence-electron chi connectivity index (χ4n) is 3.42. The molecule has 3 aromatic heterocycles. The predicted octanol–water partition coefficient (Wildman–Crippen LogP) is 4.92. The Balaban J connectivity index is 1.77. The maximum atomic E-state index is 13.2. The first kappa shape index (κ1) is 21.1. The number of benzene rings is 1. The minimum atomic E-state index is -0.464. The zero-order valence-electron chi connectivity index (χ0n) is 17.8. The van der Waals surface area contributed by atoms with Crippen molar-refractivity contribution in [2.24, 2.45) is 0 Å². The van der Waals surface area contributed by atoms with Gasteiger partial charge in [0.2, 0.25) is 5.78 Å². The molecule has 0 spiro atoms. The molecule has 0 aliphatic carbocycles. The number of hydrogen-bond donors (Lipinski definition) is 0. The molecule has 1 aromatic carbocycles. The van der Waals surface area contributed by atoms with Crippen molar-refractivity contribution in [2.75, 3.05) is 13.7 Å². The van der Waals surface area contributed by atoms with Gasteiger partial charge in [0.15, 0.2) is 0 Å². The highest BCUT2D eigenvalue weighted by Gasteiger charge is 2.21. The lowest BCUT2D eigenvalue weighted by Gasteiger charge is -2.05. The Bertz CT molecular complexity index is 1290. The first-order valence-corrected chi connectivity index (χ1v) is 10.2. The number of aromatic nitrogens is 2. The van der Waals surface area contributed by atoms with Crippen molar-refractivity contribution in [3.8, 4) is 5.75 Å². The molecule has 4 aromatic rings. The molecule has 0 atom stereocenters. The van der Waals surface area contributed by atoms with Crippen LogP contribution >= 0.6 is 0 Å². The van der Waals surface area contributed by atoms with Crippen molar-refractivity contribution in [1.29, 1.82) is 0 Å². The summed E-state index contributed by atoms with van der Waals surface area (Å²) in [5, 5.41) is 0. The lowest BCUT2D eigenvalue weighted by molar-refractivity contribution is 0.0529. The average Bonchev–Trinajstić information content (AvgIpc) is 3.22. The Kier molecular flexibility index (Phi) is 6.12. The number of rotatable bonds is 7. The van der Waals surface area contributed by atoms with E-state index < -0.39 is 5.97 Å². The van der Waals surface area contributed by atoms with Gasteiger partial charge >= 0.3 is 5.97 Å².